The summed E-state index contributed by atoms with van der Waals surface area (Å²) in [6.07, 6.45) is 0.424. The molecule has 1 aliphatic heterocycles. The normalized spacial score (nSPS) is 15.6. The summed E-state index contributed by atoms with van der Waals surface area (Å²) in [4.78, 5) is 13.7. The molecule has 0 spiro atoms. The fraction of sp³-hybridized carbons (Fsp3) is 0.417. The van der Waals surface area contributed by atoms with E-state index in [0.29, 0.717) is 17.5 Å². The van der Waals surface area contributed by atoms with Crippen molar-refractivity contribution in [3.05, 3.63) is 34.9 Å². The molecule has 1 aliphatic rings. The first kappa shape index (κ1) is 11.4. The van der Waals surface area contributed by atoms with Gasteiger partial charge in [-0.3, -0.25) is 4.79 Å². The highest BCUT2D eigenvalue weighted by molar-refractivity contribution is 6.30. The standard InChI is InChI=1S/C12H15ClN2O/c1-15(11-7-14-8-11)12(16)6-9-3-2-4-10(13)5-9/h2-5,11,14H,6-8H2,1H3. The first-order chi connectivity index (χ1) is 7.66. The first-order valence-corrected chi connectivity index (χ1v) is 5.75. The molecular formula is C12H15ClN2O. The lowest BCUT2D eigenvalue weighted by molar-refractivity contribution is -0.132. The number of benzene rings is 1. The van der Waals surface area contributed by atoms with Gasteiger partial charge in [0.15, 0.2) is 0 Å². The number of hydrogen-bond acceptors (Lipinski definition) is 2. The Morgan fingerprint density at radius 1 is 1.56 bits per heavy atom. The minimum absolute atomic E-state index is 0.147. The summed E-state index contributed by atoms with van der Waals surface area (Å²) in [5.41, 5.74) is 0.969. The van der Waals surface area contributed by atoms with Crippen molar-refractivity contribution in [1.82, 2.24) is 10.2 Å². The fourth-order valence-corrected chi connectivity index (χ4v) is 1.91. The molecule has 1 amide bonds. The van der Waals surface area contributed by atoms with Crippen LogP contribution in [0, 0.1) is 0 Å². The predicted molar refractivity (Wildman–Crippen MR) is 64.6 cm³/mol. The Morgan fingerprint density at radius 2 is 2.31 bits per heavy atom. The van der Waals surface area contributed by atoms with Gasteiger partial charge in [0, 0.05) is 25.2 Å². The molecule has 1 aromatic carbocycles. The van der Waals surface area contributed by atoms with E-state index in [2.05, 4.69) is 5.32 Å². The van der Waals surface area contributed by atoms with Crippen LogP contribution >= 0.6 is 11.6 Å². The monoisotopic (exact) mass is 238 g/mol. The van der Waals surface area contributed by atoms with Crippen molar-refractivity contribution >= 4 is 17.5 Å². The van der Waals surface area contributed by atoms with Crippen LogP contribution in [0.3, 0.4) is 0 Å². The van der Waals surface area contributed by atoms with Gasteiger partial charge in [-0.2, -0.15) is 0 Å². The molecule has 0 bridgehead atoms. The van der Waals surface area contributed by atoms with Gasteiger partial charge >= 0.3 is 0 Å². The zero-order chi connectivity index (χ0) is 11.5. The molecule has 3 nitrogen and oxygen atoms in total. The van der Waals surface area contributed by atoms with Gasteiger partial charge in [0.1, 0.15) is 0 Å². The number of nitrogens with one attached hydrogen (secondary N) is 1. The third-order valence-electron chi connectivity index (χ3n) is 2.95. The highest BCUT2D eigenvalue weighted by atomic mass is 35.5. The number of halogens is 1. The Labute approximate surface area is 100 Å². The maximum atomic E-state index is 11.9. The van der Waals surface area contributed by atoms with E-state index in [1.165, 1.54) is 0 Å². The minimum atomic E-state index is 0.147. The predicted octanol–water partition coefficient (Wildman–Crippen LogP) is 1.31. The number of carbonyl (C=O) groups is 1. The maximum absolute atomic E-state index is 11.9. The molecule has 1 heterocycles. The van der Waals surface area contributed by atoms with Crippen molar-refractivity contribution in [3.63, 3.8) is 0 Å². The van der Waals surface area contributed by atoms with Gasteiger partial charge in [-0.05, 0) is 17.7 Å². The van der Waals surface area contributed by atoms with Crippen molar-refractivity contribution in [2.75, 3.05) is 20.1 Å². The van der Waals surface area contributed by atoms with Crippen molar-refractivity contribution in [2.45, 2.75) is 12.5 Å². The van der Waals surface area contributed by atoms with E-state index < -0.39 is 0 Å². The third-order valence-corrected chi connectivity index (χ3v) is 3.18. The molecule has 0 saturated carbocycles. The molecular weight excluding hydrogens is 224 g/mol. The molecule has 0 aromatic heterocycles. The number of carbonyl (C=O) groups excluding carboxylic acids is 1. The van der Waals surface area contributed by atoms with E-state index in [0.717, 1.165) is 18.7 Å². The lowest BCUT2D eigenvalue weighted by atomic mass is 10.1. The SMILES string of the molecule is CN(C(=O)Cc1cccc(Cl)c1)C1CNC1. The summed E-state index contributed by atoms with van der Waals surface area (Å²) in [5, 5.41) is 3.83. The average Bonchev–Trinajstić information content (AvgIpc) is 2.14. The van der Waals surface area contributed by atoms with Crippen LogP contribution in [-0.2, 0) is 11.2 Å². The Bertz CT molecular complexity index is 390. The first-order valence-electron chi connectivity index (χ1n) is 5.37. The van der Waals surface area contributed by atoms with Crippen LogP contribution in [0.1, 0.15) is 5.56 Å². The molecule has 1 saturated heterocycles. The second kappa shape index (κ2) is 4.85. The van der Waals surface area contributed by atoms with Gasteiger partial charge in [0.25, 0.3) is 0 Å². The fourth-order valence-electron chi connectivity index (χ4n) is 1.70. The molecule has 0 atom stereocenters. The van der Waals surface area contributed by atoms with E-state index in [1.807, 2.05) is 36.2 Å². The smallest absolute Gasteiger partial charge is 0.227 e. The lowest BCUT2D eigenvalue weighted by Gasteiger charge is -2.35. The van der Waals surface area contributed by atoms with Crippen LogP contribution in [0.25, 0.3) is 0 Å². The van der Waals surface area contributed by atoms with Crippen molar-refractivity contribution in [1.29, 1.82) is 0 Å². The van der Waals surface area contributed by atoms with Gasteiger partial charge in [-0.1, -0.05) is 23.7 Å². The number of likely N-dealkylation sites (N-methyl/N-ethyl adjacent to an activating group) is 1. The summed E-state index contributed by atoms with van der Waals surface area (Å²) >= 11 is 5.87. The molecule has 4 heteroatoms. The minimum Gasteiger partial charge on any atom is -0.340 e. The largest absolute Gasteiger partial charge is 0.340 e. The van der Waals surface area contributed by atoms with Crippen LogP contribution in [-0.4, -0.2) is 37.0 Å². The van der Waals surface area contributed by atoms with Crippen molar-refractivity contribution in [2.24, 2.45) is 0 Å². The average molecular weight is 239 g/mol. The quantitative estimate of drug-likeness (QED) is 0.861. The van der Waals surface area contributed by atoms with E-state index in [-0.39, 0.29) is 5.91 Å². The number of rotatable bonds is 3. The highest BCUT2D eigenvalue weighted by Crippen LogP contribution is 2.12. The van der Waals surface area contributed by atoms with Crippen LogP contribution in [0.5, 0.6) is 0 Å². The Morgan fingerprint density at radius 3 is 2.88 bits per heavy atom. The second-order valence-corrected chi connectivity index (χ2v) is 4.56. The Kier molecular flexibility index (Phi) is 3.46. The van der Waals surface area contributed by atoms with Gasteiger partial charge < -0.3 is 10.2 Å². The van der Waals surface area contributed by atoms with Crippen LogP contribution in [0.2, 0.25) is 5.02 Å². The molecule has 1 fully saturated rings. The third kappa shape index (κ3) is 2.54. The topological polar surface area (TPSA) is 32.3 Å². The Hall–Kier alpha value is -1.06. The van der Waals surface area contributed by atoms with Gasteiger partial charge in [-0.15, -0.1) is 0 Å². The molecule has 1 aromatic rings. The zero-order valence-corrected chi connectivity index (χ0v) is 10.00. The summed E-state index contributed by atoms with van der Waals surface area (Å²) in [6.45, 7) is 1.80. The molecule has 86 valence electrons. The summed E-state index contributed by atoms with van der Waals surface area (Å²) in [5.74, 6) is 0.147. The van der Waals surface area contributed by atoms with Gasteiger partial charge in [-0.25, -0.2) is 0 Å². The van der Waals surface area contributed by atoms with Gasteiger partial charge in [0.05, 0.1) is 12.5 Å². The number of hydrogen-bond donors (Lipinski definition) is 1. The Balaban J connectivity index is 1.96. The lowest BCUT2D eigenvalue weighted by Crippen LogP contribution is -2.57. The second-order valence-electron chi connectivity index (χ2n) is 4.12. The zero-order valence-electron chi connectivity index (χ0n) is 9.24. The van der Waals surface area contributed by atoms with Crippen LogP contribution < -0.4 is 5.32 Å². The number of nitrogens with zero attached hydrogens (tertiary/aromatic N) is 1. The van der Waals surface area contributed by atoms with Crippen molar-refractivity contribution in [3.8, 4) is 0 Å². The summed E-state index contributed by atoms with van der Waals surface area (Å²) < 4.78 is 0. The van der Waals surface area contributed by atoms with E-state index >= 15 is 0 Å². The number of amides is 1. The summed E-state index contributed by atoms with van der Waals surface area (Å²) in [6, 6.07) is 7.81. The molecule has 0 aliphatic carbocycles. The molecule has 16 heavy (non-hydrogen) atoms. The van der Waals surface area contributed by atoms with Gasteiger partial charge in [0.2, 0.25) is 5.91 Å². The summed E-state index contributed by atoms with van der Waals surface area (Å²) in [7, 11) is 1.86. The van der Waals surface area contributed by atoms with E-state index in [4.69, 9.17) is 11.6 Å². The van der Waals surface area contributed by atoms with Crippen LogP contribution in [0.4, 0.5) is 0 Å². The van der Waals surface area contributed by atoms with Crippen LogP contribution in [0.15, 0.2) is 24.3 Å². The molecule has 0 unspecified atom stereocenters. The van der Waals surface area contributed by atoms with E-state index in [1.54, 1.807) is 0 Å². The highest BCUT2D eigenvalue weighted by Gasteiger charge is 2.24. The molecule has 0 radical (unpaired) electrons. The van der Waals surface area contributed by atoms with E-state index in [9.17, 15) is 4.79 Å². The maximum Gasteiger partial charge on any atom is 0.227 e. The molecule has 2 rings (SSSR count). The van der Waals surface area contributed by atoms with Crippen molar-refractivity contribution < 1.29 is 4.79 Å². The molecule has 1 N–H and O–H groups in total.